The van der Waals surface area contributed by atoms with Crippen molar-refractivity contribution in [3.63, 3.8) is 0 Å². The second kappa shape index (κ2) is 7.17. The van der Waals surface area contributed by atoms with Crippen LogP contribution in [0.25, 0.3) is 5.65 Å². The van der Waals surface area contributed by atoms with E-state index >= 15 is 0 Å². The molecule has 1 N–H and O–H groups in total. The molecule has 9 heteroatoms. The lowest BCUT2D eigenvalue weighted by molar-refractivity contribution is 0.0972. The van der Waals surface area contributed by atoms with E-state index < -0.39 is 27.9 Å². The number of hydrogen-bond acceptors (Lipinski definition) is 4. The Balaban J connectivity index is 1.51. The molecule has 1 atom stereocenters. The smallest absolute Gasteiger partial charge is 0.275 e. The van der Waals surface area contributed by atoms with Gasteiger partial charge in [0, 0.05) is 17.8 Å². The first-order valence-corrected chi connectivity index (χ1v) is 10.3. The molecule has 28 heavy (non-hydrogen) atoms. The summed E-state index contributed by atoms with van der Waals surface area (Å²) in [5, 5.41) is 4.74. The van der Waals surface area contributed by atoms with E-state index in [1.54, 1.807) is 34.4 Å². The van der Waals surface area contributed by atoms with E-state index in [4.69, 9.17) is 4.18 Å². The Morgan fingerprint density at radius 2 is 2.00 bits per heavy atom. The minimum Gasteiger partial charge on any atom is -0.321 e. The fourth-order valence-electron chi connectivity index (χ4n) is 2.73. The van der Waals surface area contributed by atoms with Crippen LogP contribution in [-0.2, 0) is 10.8 Å². The number of benzene rings is 1. The molecular formula is C19H16F2N4O2S. The van der Waals surface area contributed by atoms with Crippen molar-refractivity contribution in [2.45, 2.75) is 6.61 Å². The average Bonchev–Trinajstić information content (AvgIpc) is 3.26. The monoisotopic (exact) mass is 402 g/mol. The minimum atomic E-state index is -2.14. The van der Waals surface area contributed by atoms with Crippen LogP contribution < -0.4 is 5.32 Å². The molecule has 0 aliphatic carbocycles. The van der Waals surface area contributed by atoms with Gasteiger partial charge < -0.3 is 4.18 Å². The molecule has 3 heterocycles. The lowest BCUT2D eigenvalue weighted by atomic mass is 10.2. The molecule has 0 fully saturated rings. The summed E-state index contributed by atoms with van der Waals surface area (Å²) in [6, 6.07) is 9.04. The van der Waals surface area contributed by atoms with Gasteiger partial charge in [-0.2, -0.15) is 0 Å². The van der Waals surface area contributed by atoms with Crippen LogP contribution in [0.4, 0.5) is 8.78 Å². The van der Waals surface area contributed by atoms with Gasteiger partial charge in [0.05, 0.1) is 18.4 Å². The standard InChI is InChI=1S/C19H16F2N4O2S/c1-28(27-12-13-14(20)5-4-6-15(13)21)10-8-22-19(28)24-18(26)16-11-23-17-7-2-3-9-25(16)17/h2-11H,12H2,1H3,(H,22,24,26). The molecule has 0 spiro atoms. The molecule has 144 valence electrons. The second-order valence-electron chi connectivity index (χ2n) is 6.11. The first kappa shape index (κ1) is 18.3. The van der Waals surface area contributed by atoms with E-state index in [0.29, 0.717) is 16.5 Å². The van der Waals surface area contributed by atoms with Gasteiger partial charge >= 0.3 is 0 Å². The van der Waals surface area contributed by atoms with Gasteiger partial charge in [0.2, 0.25) is 0 Å². The third-order valence-electron chi connectivity index (χ3n) is 4.28. The summed E-state index contributed by atoms with van der Waals surface area (Å²) in [5.41, 5.74) is 0.816. The van der Waals surface area contributed by atoms with Crippen LogP contribution in [0.5, 0.6) is 0 Å². The quantitative estimate of drug-likeness (QED) is 0.723. The molecule has 1 aromatic carbocycles. The zero-order valence-corrected chi connectivity index (χ0v) is 15.6. The van der Waals surface area contributed by atoms with Crippen molar-refractivity contribution in [1.29, 1.82) is 0 Å². The maximum absolute atomic E-state index is 13.9. The van der Waals surface area contributed by atoms with E-state index in [9.17, 15) is 13.6 Å². The van der Waals surface area contributed by atoms with E-state index in [2.05, 4.69) is 15.3 Å². The van der Waals surface area contributed by atoms with Crippen LogP contribution in [0.1, 0.15) is 16.1 Å². The Hall–Kier alpha value is -3.04. The van der Waals surface area contributed by atoms with Crippen LogP contribution in [0.15, 0.2) is 65.4 Å². The number of amides is 1. The van der Waals surface area contributed by atoms with Gasteiger partial charge in [-0.05, 0) is 30.5 Å². The highest BCUT2D eigenvalue weighted by Gasteiger charge is 2.30. The summed E-state index contributed by atoms with van der Waals surface area (Å²) in [6.45, 7) is -0.279. The molecule has 0 bridgehead atoms. The highest BCUT2D eigenvalue weighted by Crippen LogP contribution is 2.51. The van der Waals surface area contributed by atoms with Gasteiger partial charge in [0.15, 0.2) is 5.17 Å². The predicted octanol–water partition coefficient (Wildman–Crippen LogP) is 3.75. The molecule has 1 aliphatic rings. The van der Waals surface area contributed by atoms with Crippen LogP contribution in [0, 0.1) is 11.6 Å². The first-order chi connectivity index (χ1) is 13.5. The number of fused-ring (bicyclic) bond motifs is 1. The van der Waals surface area contributed by atoms with Crippen LogP contribution in [-0.4, -0.2) is 26.7 Å². The van der Waals surface area contributed by atoms with Gasteiger partial charge in [-0.1, -0.05) is 22.4 Å². The van der Waals surface area contributed by atoms with E-state index in [1.807, 2.05) is 6.07 Å². The molecule has 4 rings (SSSR count). The Morgan fingerprint density at radius 1 is 1.21 bits per heavy atom. The lowest BCUT2D eigenvalue weighted by Crippen LogP contribution is -2.33. The molecule has 0 saturated carbocycles. The predicted molar refractivity (Wildman–Crippen MR) is 104 cm³/mol. The fourth-order valence-corrected chi connectivity index (χ4v) is 4.27. The molecule has 1 aliphatic heterocycles. The number of carbonyl (C=O) groups is 1. The molecule has 0 saturated heterocycles. The van der Waals surface area contributed by atoms with Crippen molar-refractivity contribution >= 4 is 27.0 Å². The molecule has 3 aromatic rings. The van der Waals surface area contributed by atoms with Crippen LogP contribution >= 0.6 is 10.3 Å². The van der Waals surface area contributed by atoms with Crippen molar-refractivity contribution in [3.8, 4) is 0 Å². The number of carbonyl (C=O) groups excluding carboxylic acids is 1. The summed E-state index contributed by atoms with van der Waals surface area (Å²) >= 11 is 0. The highest BCUT2D eigenvalue weighted by molar-refractivity contribution is 8.43. The van der Waals surface area contributed by atoms with Gasteiger partial charge in [0.25, 0.3) is 5.91 Å². The van der Waals surface area contributed by atoms with Gasteiger partial charge in [-0.15, -0.1) is 0 Å². The Labute approximate surface area is 161 Å². The normalized spacial score (nSPS) is 20.8. The first-order valence-electron chi connectivity index (χ1n) is 8.31. The van der Waals surface area contributed by atoms with Crippen molar-refractivity contribution in [2.24, 2.45) is 4.99 Å². The third kappa shape index (κ3) is 3.30. The van der Waals surface area contributed by atoms with E-state index in [-0.39, 0.29) is 12.2 Å². The summed E-state index contributed by atoms with van der Waals surface area (Å²) in [7, 11) is -2.14. The van der Waals surface area contributed by atoms with E-state index in [0.717, 1.165) is 0 Å². The second-order valence-corrected chi connectivity index (χ2v) is 8.81. The number of aliphatic imine (C=N–C) groups is 1. The maximum atomic E-state index is 13.9. The number of pyridine rings is 1. The summed E-state index contributed by atoms with van der Waals surface area (Å²) < 4.78 is 35.2. The van der Waals surface area contributed by atoms with Crippen LogP contribution in [0.3, 0.4) is 0 Å². The number of hydrogen-bond donors (Lipinski definition) is 1. The van der Waals surface area contributed by atoms with Crippen LogP contribution in [0.2, 0.25) is 0 Å². The summed E-state index contributed by atoms with van der Waals surface area (Å²) in [5.74, 6) is -1.77. The molecule has 0 radical (unpaired) electrons. The topological polar surface area (TPSA) is 68.0 Å². The molecular weight excluding hydrogens is 386 g/mol. The van der Waals surface area contributed by atoms with Gasteiger partial charge in [-0.25, -0.2) is 18.8 Å². The Kier molecular flexibility index (Phi) is 4.70. The van der Waals surface area contributed by atoms with Crippen molar-refractivity contribution in [2.75, 3.05) is 6.26 Å². The number of nitrogens with zero attached hydrogens (tertiary/aromatic N) is 3. The average molecular weight is 402 g/mol. The number of halogens is 2. The SMILES string of the molecule is CS1(OCc2c(F)cccc2F)C=CN=C1NC(=O)c1cnc2ccccn12. The Bertz CT molecular complexity index is 1110. The minimum absolute atomic E-state index is 0.163. The van der Waals surface area contributed by atoms with Crippen molar-refractivity contribution in [3.05, 3.63) is 83.3 Å². The van der Waals surface area contributed by atoms with Crippen molar-refractivity contribution < 1.29 is 17.8 Å². The van der Waals surface area contributed by atoms with Crippen molar-refractivity contribution in [1.82, 2.24) is 14.7 Å². The zero-order chi connectivity index (χ0) is 19.7. The van der Waals surface area contributed by atoms with Gasteiger partial charge in [-0.3, -0.25) is 14.5 Å². The number of nitrogens with one attached hydrogen (secondary N) is 1. The van der Waals surface area contributed by atoms with E-state index in [1.165, 1.54) is 30.6 Å². The maximum Gasteiger partial charge on any atom is 0.275 e. The number of rotatable bonds is 4. The number of aromatic nitrogens is 2. The fraction of sp³-hybridized carbons (Fsp3) is 0.105. The third-order valence-corrected chi connectivity index (χ3v) is 6.50. The largest absolute Gasteiger partial charge is 0.321 e. The Morgan fingerprint density at radius 3 is 2.79 bits per heavy atom. The highest BCUT2D eigenvalue weighted by atomic mass is 32.3. The lowest BCUT2D eigenvalue weighted by Gasteiger charge is -2.30. The zero-order valence-electron chi connectivity index (χ0n) is 14.8. The molecule has 6 nitrogen and oxygen atoms in total. The molecule has 1 unspecified atom stereocenters. The molecule has 2 aromatic heterocycles. The molecule has 1 amide bonds. The summed E-state index contributed by atoms with van der Waals surface area (Å²) in [4.78, 5) is 21.1. The summed E-state index contributed by atoms with van der Waals surface area (Å²) in [6.07, 6.45) is 6.45. The number of amidine groups is 1. The number of imidazole rings is 1. The van der Waals surface area contributed by atoms with Gasteiger partial charge in [0.1, 0.15) is 23.0 Å².